The molecule has 9 heteroatoms. The van der Waals surface area contributed by atoms with Crippen LogP contribution in [0.1, 0.15) is 31.0 Å². The second-order valence-electron chi connectivity index (χ2n) is 7.06. The Labute approximate surface area is 194 Å². The average Bonchev–Trinajstić information content (AvgIpc) is 3.05. The molecule has 0 fully saturated rings. The Morgan fingerprint density at radius 2 is 2.03 bits per heavy atom. The lowest BCUT2D eigenvalue weighted by Crippen LogP contribution is -2.39. The van der Waals surface area contributed by atoms with E-state index in [9.17, 15) is 19.1 Å². The van der Waals surface area contributed by atoms with E-state index in [0.717, 1.165) is 0 Å². The molecule has 0 aliphatic carbocycles. The lowest BCUT2D eigenvalue weighted by molar-refractivity contribution is -0.139. The first-order valence-electron chi connectivity index (χ1n) is 9.73. The van der Waals surface area contributed by atoms with E-state index < -0.39 is 17.8 Å². The summed E-state index contributed by atoms with van der Waals surface area (Å²) in [7, 11) is 0. The molecule has 2 aromatic carbocycles. The molecule has 0 amide bonds. The van der Waals surface area contributed by atoms with Crippen molar-refractivity contribution in [2.75, 3.05) is 6.61 Å². The minimum Gasteiger partial charge on any atom is -0.507 e. The third-order valence-electron chi connectivity index (χ3n) is 4.97. The van der Waals surface area contributed by atoms with Gasteiger partial charge in [-0.3, -0.25) is 9.36 Å². The quantitative estimate of drug-likeness (QED) is 0.539. The van der Waals surface area contributed by atoms with Gasteiger partial charge in [-0.1, -0.05) is 29.5 Å². The number of rotatable bonds is 4. The summed E-state index contributed by atoms with van der Waals surface area (Å²) < 4.78 is 21.2. The van der Waals surface area contributed by atoms with E-state index in [-0.39, 0.29) is 23.5 Å². The molecule has 164 valence electrons. The number of hydrogen-bond donors (Lipinski definition) is 1. The normalized spacial score (nSPS) is 16.0. The minimum atomic E-state index is -0.792. The molecular formula is C23H18BrFN2O4S. The number of halogens is 2. The molecule has 0 saturated carbocycles. The summed E-state index contributed by atoms with van der Waals surface area (Å²) in [6.45, 7) is 3.56. The lowest BCUT2D eigenvalue weighted by atomic mass is 9.96. The zero-order valence-electron chi connectivity index (χ0n) is 17.1. The van der Waals surface area contributed by atoms with Crippen LogP contribution in [-0.2, 0) is 9.53 Å². The van der Waals surface area contributed by atoms with E-state index in [2.05, 4.69) is 20.9 Å². The molecule has 1 N–H and O–H groups in total. The fourth-order valence-electron chi connectivity index (χ4n) is 3.52. The Bertz CT molecular complexity index is 1420. The van der Waals surface area contributed by atoms with E-state index in [1.807, 2.05) is 0 Å². The van der Waals surface area contributed by atoms with Crippen molar-refractivity contribution in [1.29, 1.82) is 0 Å². The van der Waals surface area contributed by atoms with Crippen LogP contribution in [0.25, 0.3) is 6.08 Å². The fourth-order valence-corrected chi connectivity index (χ4v) is 4.96. The second kappa shape index (κ2) is 8.84. The number of hydrogen-bond acceptors (Lipinski definition) is 6. The first kappa shape index (κ1) is 22.2. The van der Waals surface area contributed by atoms with Crippen molar-refractivity contribution < 1.29 is 19.0 Å². The van der Waals surface area contributed by atoms with Crippen LogP contribution in [0.15, 0.2) is 68.0 Å². The van der Waals surface area contributed by atoms with Crippen LogP contribution in [0.2, 0.25) is 0 Å². The van der Waals surface area contributed by atoms with Crippen LogP contribution in [0.3, 0.4) is 0 Å². The molecule has 0 bridgehead atoms. The number of carbonyl (C=O) groups is 1. The molecular weight excluding hydrogens is 499 g/mol. The monoisotopic (exact) mass is 516 g/mol. The number of benzene rings is 2. The van der Waals surface area contributed by atoms with Crippen LogP contribution in [0.5, 0.6) is 5.75 Å². The van der Waals surface area contributed by atoms with Gasteiger partial charge in [0.15, 0.2) is 4.80 Å². The average molecular weight is 517 g/mol. The predicted molar refractivity (Wildman–Crippen MR) is 123 cm³/mol. The van der Waals surface area contributed by atoms with Gasteiger partial charge < -0.3 is 9.84 Å². The molecule has 3 aromatic rings. The highest BCUT2D eigenvalue weighted by molar-refractivity contribution is 9.10. The number of esters is 1. The number of thiazole rings is 1. The van der Waals surface area contributed by atoms with Crippen molar-refractivity contribution in [3.05, 3.63) is 94.8 Å². The van der Waals surface area contributed by atoms with Gasteiger partial charge in [0.05, 0.1) is 32.9 Å². The maximum Gasteiger partial charge on any atom is 0.338 e. The van der Waals surface area contributed by atoms with Gasteiger partial charge in [0.1, 0.15) is 11.6 Å². The Kier molecular flexibility index (Phi) is 6.12. The van der Waals surface area contributed by atoms with Gasteiger partial charge in [0.25, 0.3) is 5.56 Å². The van der Waals surface area contributed by atoms with Gasteiger partial charge >= 0.3 is 5.97 Å². The van der Waals surface area contributed by atoms with E-state index in [1.54, 1.807) is 44.2 Å². The maximum atomic E-state index is 13.6. The van der Waals surface area contributed by atoms with E-state index in [1.165, 1.54) is 34.1 Å². The standard InChI is InChI=1S/C23H18BrFN2O4S/c1-3-31-22(30)19-12(2)26-23-27(20(19)14-5-7-15(25)8-6-14)21(29)18(32-23)11-13-4-9-17(28)16(24)10-13/h4-11,20,28H,3H2,1-2H3/b18-11-/t20-/m0/s1. The highest BCUT2D eigenvalue weighted by atomic mass is 79.9. The van der Waals surface area contributed by atoms with Gasteiger partial charge in [-0.15, -0.1) is 0 Å². The summed E-state index contributed by atoms with van der Waals surface area (Å²) in [6.07, 6.45) is 1.69. The van der Waals surface area contributed by atoms with E-state index >= 15 is 0 Å². The molecule has 1 atom stereocenters. The van der Waals surface area contributed by atoms with Crippen molar-refractivity contribution in [3.63, 3.8) is 0 Å². The molecule has 6 nitrogen and oxygen atoms in total. The molecule has 4 rings (SSSR count). The van der Waals surface area contributed by atoms with Crippen molar-refractivity contribution in [1.82, 2.24) is 4.57 Å². The number of nitrogens with zero attached hydrogens (tertiary/aromatic N) is 2. The first-order valence-corrected chi connectivity index (χ1v) is 11.3. The van der Waals surface area contributed by atoms with Crippen molar-refractivity contribution >= 4 is 39.3 Å². The SMILES string of the molecule is CCOC(=O)C1=C(C)N=c2s/c(=C\c3ccc(O)c(Br)c3)c(=O)n2[C@H]1c1ccc(F)cc1. The van der Waals surface area contributed by atoms with Crippen molar-refractivity contribution in [2.45, 2.75) is 19.9 Å². The smallest absolute Gasteiger partial charge is 0.338 e. The highest BCUT2D eigenvalue weighted by Crippen LogP contribution is 2.31. The van der Waals surface area contributed by atoms with Gasteiger partial charge in [-0.25, -0.2) is 14.2 Å². The number of phenols is 1. The van der Waals surface area contributed by atoms with Gasteiger partial charge in [0, 0.05) is 0 Å². The summed E-state index contributed by atoms with van der Waals surface area (Å²) >= 11 is 4.46. The number of carbonyl (C=O) groups excluding carboxylic acids is 1. The largest absolute Gasteiger partial charge is 0.507 e. The van der Waals surface area contributed by atoms with E-state index in [0.29, 0.717) is 30.6 Å². The molecule has 2 heterocycles. The Morgan fingerprint density at radius 3 is 2.69 bits per heavy atom. The topological polar surface area (TPSA) is 80.9 Å². The Balaban J connectivity index is 1.95. The third kappa shape index (κ3) is 4.05. The number of aromatic nitrogens is 1. The molecule has 1 aliphatic heterocycles. The molecule has 0 unspecified atom stereocenters. The Morgan fingerprint density at radius 1 is 1.31 bits per heavy atom. The van der Waals surface area contributed by atoms with Gasteiger partial charge in [-0.05, 0) is 71.2 Å². The highest BCUT2D eigenvalue weighted by Gasteiger charge is 2.33. The van der Waals surface area contributed by atoms with Crippen LogP contribution >= 0.6 is 27.3 Å². The molecule has 0 saturated heterocycles. The minimum absolute atomic E-state index is 0.0922. The Hall–Kier alpha value is -3.04. The molecule has 0 spiro atoms. The molecule has 1 aliphatic rings. The lowest BCUT2D eigenvalue weighted by Gasteiger charge is -2.24. The van der Waals surface area contributed by atoms with Crippen LogP contribution in [0.4, 0.5) is 4.39 Å². The van der Waals surface area contributed by atoms with Gasteiger partial charge in [-0.2, -0.15) is 0 Å². The maximum absolute atomic E-state index is 13.6. The molecule has 1 aromatic heterocycles. The first-order chi connectivity index (χ1) is 15.3. The second-order valence-corrected chi connectivity index (χ2v) is 8.93. The number of fused-ring (bicyclic) bond motifs is 1. The number of aromatic hydroxyl groups is 1. The number of phenolic OH excluding ortho intramolecular Hbond substituents is 1. The van der Waals surface area contributed by atoms with Gasteiger partial charge in [0.2, 0.25) is 0 Å². The summed E-state index contributed by atoms with van der Waals surface area (Å²) in [5, 5.41) is 9.72. The van der Waals surface area contributed by atoms with Crippen LogP contribution in [-0.4, -0.2) is 22.2 Å². The number of ether oxygens (including phenoxy) is 1. The third-order valence-corrected chi connectivity index (χ3v) is 6.59. The fraction of sp³-hybridized carbons (Fsp3) is 0.174. The van der Waals surface area contributed by atoms with Crippen molar-refractivity contribution in [2.24, 2.45) is 4.99 Å². The summed E-state index contributed by atoms with van der Waals surface area (Å²) in [5.41, 5.74) is 1.63. The predicted octanol–water partition coefficient (Wildman–Crippen LogP) is 3.41. The summed E-state index contributed by atoms with van der Waals surface area (Å²) in [4.78, 5) is 31.1. The zero-order valence-corrected chi connectivity index (χ0v) is 19.5. The zero-order chi connectivity index (χ0) is 23.0. The van der Waals surface area contributed by atoms with Crippen LogP contribution in [0, 0.1) is 5.82 Å². The van der Waals surface area contributed by atoms with Crippen molar-refractivity contribution in [3.8, 4) is 5.75 Å². The van der Waals surface area contributed by atoms with Crippen LogP contribution < -0.4 is 14.9 Å². The number of allylic oxidation sites excluding steroid dienone is 1. The summed E-state index contributed by atoms with van der Waals surface area (Å²) in [5.74, 6) is -0.896. The molecule has 0 radical (unpaired) electrons. The van der Waals surface area contributed by atoms with E-state index in [4.69, 9.17) is 4.74 Å². The summed E-state index contributed by atoms with van der Waals surface area (Å²) in [6, 6.07) is 9.79. The molecule has 32 heavy (non-hydrogen) atoms.